The summed E-state index contributed by atoms with van der Waals surface area (Å²) >= 11 is 0. The summed E-state index contributed by atoms with van der Waals surface area (Å²) in [7, 11) is 0. The highest BCUT2D eigenvalue weighted by atomic mass is 16.6. The van der Waals surface area contributed by atoms with Gasteiger partial charge in [-0.3, -0.25) is 0 Å². The molecule has 0 aromatic heterocycles. The molecule has 3 saturated heterocycles. The number of likely N-dealkylation sites (tertiary alicyclic amines) is 3. The Labute approximate surface area is 176 Å². The van der Waals surface area contributed by atoms with Crippen LogP contribution in [-0.2, 0) is 4.74 Å². The molecule has 4 fully saturated rings. The predicted molar refractivity (Wildman–Crippen MR) is 117 cm³/mol. The molecule has 1 unspecified atom stereocenters. The van der Waals surface area contributed by atoms with E-state index in [9.17, 15) is 4.79 Å². The van der Waals surface area contributed by atoms with Gasteiger partial charge >= 0.3 is 6.09 Å². The average molecular weight is 402 g/mol. The van der Waals surface area contributed by atoms with E-state index in [4.69, 9.17) is 4.74 Å². The fraction of sp³-hybridized carbons (Fsp3) is 0.792. The summed E-state index contributed by atoms with van der Waals surface area (Å²) in [6.07, 6.45) is 13.1. The highest BCUT2D eigenvalue weighted by molar-refractivity contribution is 5.68. The summed E-state index contributed by atoms with van der Waals surface area (Å²) in [5.41, 5.74) is 1.70. The Hall–Kier alpha value is -1.49. The van der Waals surface area contributed by atoms with Crippen LogP contribution < -0.4 is 0 Å². The molecule has 162 valence electrons. The minimum absolute atomic E-state index is 0.116. The fourth-order valence-electron chi connectivity index (χ4n) is 6.51. The van der Waals surface area contributed by atoms with Gasteiger partial charge in [-0.2, -0.15) is 0 Å². The lowest BCUT2D eigenvalue weighted by Gasteiger charge is -2.52. The molecule has 1 atom stereocenters. The summed E-state index contributed by atoms with van der Waals surface area (Å²) < 4.78 is 5.20. The number of nitrogens with zero attached hydrogens (tertiary/aromatic N) is 3. The summed E-state index contributed by atoms with van der Waals surface area (Å²) in [4.78, 5) is 19.3. The van der Waals surface area contributed by atoms with E-state index in [0.717, 1.165) is 31.5 Å². The first-order chi connectivity index (χ1) is 14.1. The van der Waals surface area contributed by atoms with Crippen LogP contribution in [0.25, 0.3) is 0 Å². The minimum Gasteiger partial charge on any atom is -0.450 e. The first-order valence-corrected chi connectivity index (χ1v) is 11.8. The van der Waals surface area contributed by atoms with E-state index in [1.54, 1.807) is 0 Å². The molecule has 0 aromatic carbocycles. The van der Waals surface area contributed by atoms with Gasteiger partial charge in [0, 0.05) is 37.4 Å². The lowest BCUT2D eigenvalue weighted by Crippen LogP contribution is -2.55. The summed E-state index contributed by atoms with van der Waals surface area (Å²) in [6, 6.07) is 1.44. The van der Waals surface area contributed by atoms with E-state index in [0.29, 0.717) is 18.1 Å². The van der Waals surface area contributed by atoms with Crippen molar-refractivity contribution < 1.29 is 9.53 Å². The number of hydrogen-bond acceptors (Lipinski definition) is 4. The molecule has 29 heavy (non-hydrogen) atoms. The van der Waals surface area contributed by atoms with Crippen molar-refractivity contribution >= 4 is 6.09 Å². The van der Waals surface area contributed by atoms with Crippen molar-refractivity contribution in [3.63, 3.8) is 0 Å². The molecule has 1 saturated carbocycles. The Bertz CT molecular complexity index is 632. The second-order valence-electron chi connectivity index (χ2n) is 9.63. The third-order valence-corrected chi connectivity index (χ3v) is 8.07. The molecule has 1 spiro atoms. The van der Waals surface area contributed by atoms with E-state index < -0.39 is 0 Å². The third-order valence-electron chi connectivity index (χ3n) is 8.07. The molecular weight excluding hydrogens is 362 g/mol. The first kappa shape index (κ1) is 20.8. The van der Waals surface area contributed by atoms with Gasteiger partial charge in [0.1, 0.15) is 0 Å². The monoisotopic (exact) mass is 401 g/mol. The van der Waals surface area contributed by atoms with Gasteiger partial charge < -0.3 is 19.4 Å². The predicted octanol–water partition coefficient (Wildman–Crippen LogP) is 4.26. The van der Waals surface area contributed by atoms with Gasteiger partial charge in [0.05, 0.1) is 6.61 Å². The number of allylic oxidation sites excluding steroid dienone is 2. The zero-order valence-electron chi connectivity index (χ0n) is 18.4. The van der Waals surface area contributed by atoms with E-state index in [1.807, 2.05) is 17.9 Å². The van der Waals surface area contributed by atoms with Crippen LogP contribution in [0.1, 0.15) is 58.8 Å². The molecule has 1 amide bonds. The number of rotatable bonds is 5. The molecule has 3 aliphatic heterocycles. The molecule has 4 rings (SSSR count). The Morgan fingerprint density at radius 2 is 1.93 bits per heavy atom. The Balaban J connectivity index is 1.24. The number of ether oxygens (including phenoxy) is 1. The van der Waals surface area contributed by atoms with Crippen molar-refractivity contribution in [3.8, 4) is 0 Å². The van der Waals surface area contributed by atoms with Crippen LogP contribution in [0.2, 0.25) is 0 Å². The van der Waals surface area contributed by atoms with Crippen LogP contribution in [0.3, 0.4) is 0 Å². The van der Waals surface area contributed by atoms with Gasteiger partial charge in [-0.05, 0) is 89.3 Å². The van der Waals surface area contributed by atoms with Crippen LogP contribution in [0.4, 0.5) is 4.79 Å². The average Bonchev–Trinajstić information content (AvgIpc) is 3.36. The SMILES string of the molecule is C=CC(=CC)N1CCCC1C1CCN(C2CC3(CCN(C(=O)OCC)C3)C2)CC1. The van der Waals surface area contributed by atoms with Crippen molar-refractivity contribution in [2.45, 2.75) is 70.9 Å². The lowest BCUT2D eigenvalue weighted by atomic mass is 9.64. The van der Waals surface area contributed by atoms with Crippen LogP contribution in [0.15, 0.2) is 24.4 Å². The van der Waals surface area contributed by atoms with Gasteiger partial charge in [-0.25, -0.2) is 4.79 Å². The number of amides is 1. The van der Waals surface area contributed by atoms with E-state index in [2.05, 4.69) is 29.4 Å². The highest BCUT2D eigenvalue weighted by Crippen LogP contribution is 2.51. The maximum absolute atomic E-state index is 12.0. The topological polar surface area (TPSA) is 36.0 Å². The van der Waals surface area contributed by atoms with Crippen LogP contribution in [-0.4, -0.2) is 72.2 Å². The molecule has 0 radical (unpaired) electrons. The van der Waals surface area contributed by atoms with Gasteiger partial charge in [0.15, 0.2) is 0 Å². The van der Waals surface area contributed by atoms with Gasteiger partial charge in [-0.1, -0.05) is 12.7 Å². The fourth-order valence-corrected chi connectivity index (χ4v) is 6.51. The molecule has 0 N–H and O–H groups in total. The summed E-state index contributed by atoms with van der Waals surface area (Å²) in [5.74, 6) is 0.823. The second kappa shape index (κ2) is 8.71. The van der Waals surface area contributed by atoms with Crippen LogP contribution in [0.5, 0.6) is 0 Å². The maximum atomic E-state index is 12.0. The largest absolute Gasteiger partial charge is 0.450 e. The van der Waals surface area contributed by atoms with E-state index in [1.165, 1.54) is 63.9 Å². The Kier molecular flexibility index (Phi) is 6.24. The minimum atomic E-state index is -0.116. The summed E-state index contributed by atoms with van der Waals surface area (Å²) in [5, 5.41) is 0. The maximum Gasteiger partial charge on any atom is 0.409 e. The molecule has 1 aliphatic carbocycles. The molecular formula is C24H39N3O2. The van der Waals surface area contributed by atoms with Crippen molar-refractivity contribution in [1.29, 1.82) is 0 Å². The van der Waals surface area contributed by atoms with Crippen LogP contribution in [0, 0.1) is 11.3 Å². The number of carbonyl (C=O) groups excluding carboxylic acids is 1. The Morgan fingerprint density at radius 1 is 1.17 bits per heavy atom. The lowest BCUT2D eigenvalue weighted by molar-refractivity contribution is -0.0145. The second-order valence-corrected chi connectivity index (χ2v) is 9.63. The smallest absolute Gasteiger partial charge is 0.409 e. The number of piperidine rings is 1. The third kappa shape index (κ3) is 4.08. The van der Waals surface area contributed by atoms with E-state index in [-0.39, 0.29) is 6.09 Å². The van der Waals surface area contributed by atoms with Gasteiger partial charge in [0.2, 0.25) is 0 Å². The molecule has 5 nitrogen and oxygen atoms in total. The molecule has 4 aliphatic rings. The molecule has 3 heterocycles. The first-order valence-electron chi connectivity index (χ1n) is 11.8. The number of hydrogen-bond donors (Lipinski definition) is 0. The van der Waals surface area contributed by atoms with E-state index >= 15 is 0 Å². The van der Waals surface area contributed by atoms with Crippen molar-refractivity contribution in [1.82, 2.24) is 14.7 Å². The molecule has 0 aromatic rings. The van der Waals surface area contributed by atoms with Crippen molar-refractivity contribution in [2.75, 3.05) is 39.3 Å². The molecule has 5 heteroatoms. The highest BCUT2D eigenvalue weighted by Gasteiger charge is 2.51. The zero-order chi connectivity index (χ0) is 20.4. The van der Waals surface area contributed by atoms with Crippen molar-refractivity contribution in [2.24, 2.45) is 11.3 Å². The number of carbonyl (C=O) groups is 1. The van der Waals surface area contributed by atoms with Crippen molar-refractivity contribution in [3.05, 3.63) is 24.4 Å². The standard InChI is InChI=1S/C24H39N3O2/c1-4-20(5-2)27-12-7-8-22(27)19-9-13-25(14-10-19)21-16-24(17-21)11-15-26(18-24)23(28)29-6-3/h4-5,19,21-22H,1,6-18H2,2-3H3. The summed E-state index contributed by atoms with van der Waals surface area (Å²) in [6.45, 7) is 14.0. The quantitative estimate of drug-likeness (QED) is 0.645. The van der Waals surface area contributed by atoms with Gasteiger partial charge in [0.25, 0.3) is 0 Å². The molecule has 0 bridgehead atoms. The zero-order valence-corrected chi connectivity index (χ0v) is 18.4. The van der Waals surface area contributed by atoms with Crippen LogP contribution >= 0.6 is 0 Å². The normalized spacial score (nSPS) is 33.9. The van der Waals surface area contributed by atoms with Gasteiger partial charge in [-0.15, -0.1) is 0 Å². The Morgan fingerprint density at radius 3 is 2.59 bits per heavy atom.